The van der Waals surface area contributed by atoms with E-state index in [1.807, 2.05) is 4.90 Å². The zero-order valence-electron chi connectivity index (χ0n) is 30.9. The molecule has 0 spiro atoms. The van der Waals surface area contributed by atoms with Gasteiger partial charge in [0.05, 0.1) is 41.0 Å². The summed E-state index contributed by atoms with van der Waals surface area (Å²) in [5.74, 6) is -3.17. The Morgan fingerprint density at radius 2 is 1.65 bits per heavy atom. The van der Waals surface area contributed by atoms with Gasteiger partial charge in [0.25, 0.3) is 5.91 Å². The molecule has 51 heavy (non-hydrogen) atoms. The summed E-state index contributed by atoms with van der Waals surface area (Å²) in [4.78, 5) is 14.8. The Hall–Kier alpha value is -2.88. The first-order valence-corrected chi connectivity index (χ1v) is 17.4. The third-order valence-electron chi connectivity index (χ3n) is 9.94. The molecule has 17 heteroatoms. The Labute approximate surface area is 294 Å². The van der Waals surface area contributed by atoms with Crippen molar-refractivity contribution >= 4 is 19.4 Å². The molecule has 0 bridgehead atoms. The molecule has 9 nitrogen and oxygen atoms in total. The van der Waals surface area contributed by atoms with Gasteiger partial charge in [0.2, 0.25) is 0 Å². The number of hydrogen-bond donors (Lipinski definition) is 0. The number of morpholine rings is 1. The SMILES string of the molecule is [2H]C(C)(C)[C@@](C)(O[C@H]1OC(C)C(C)(C)N(CC2=NN(P(=O)(OC)OC)C(=O)C2)[C@H]1c1ccc(F)cc1C)c1cc(C(F)(F)F)cc(C(F)(F)F)c1C. The number of amides is 1. The molecule has 0 aromatic heterocycles. The molecule has 0 N–H and O–H groups in total. The summed E-state index contributed by atoms with van der Waals surface area (Å²) < 4.78 is 145. The van der Waals surface area contributed by atoms with Gasteiger partial charge in [-0.05, 0) is 94.0 Å². The number of benzene rings is 2. The lowest BCUT2D eigenvalue weighted by molar-refractivity contribution is -0.310. The van der Waals surface area contributed by atoms with E-state index in [1.54, 1.807) is 27.7 Å². The molecule has 0 aliphatic carbocycles. The third-order valence-corrected chi connectivity index (χ3v) is 11.6. The van der Waals surface area contributed by atoms with Crippen LogP contribution in [0.25, 0.3) is 0 Å². The number of hydrogen-bond acceptors (Lipinski definition) is 8. The number of aryl methyl sites for hydroxylation is 1. The van der Waals surface area contributed by atoms with Crippen molar-refractivity contribution in [3.8, 4) is 0 Å². The van der Waals surface area contributed by atoms with E-state index in [-0.39, 0.29) is 24.7 Å². The molecule has 1 amide bonds. The average molecular weight is 755 g/mol. The second kappa shape index (κ2) is 14.2. The van der Waals surface area contributed by atoms with Crippen LogP contribution in [0.15, 0.2) is 35.4 Å². The predicted molar refractivity (Wildman–Crippen MR) is 174 cm³/mol. The van der Waals surface area contributed by atoms with Crippen LogP contribution in [0.5, 0.6) is 0 Å². The van der Waals surface area contributed by atoms with Gasteiger partial charge in [-0.3, -0.25) is 18.7 Å². The standard InChI is InChI=1S/C34H43F7N3O6P/c1-18(2)32(8,26-14-22(33(36,37)38)15-27(20(26)4)34(39,40)41)50-30-29(25-12-11-23(35)13-19(25)3)43(31(6,7)21(5)49-30)17-24-16-28(45)44(42-24)51(46,47-9)48-10/h11-15,18,21,29-30H,16-17H2,1-10H3/t21?,29-,30+,32+/m0/s1/i18D. The van der Waals surface area contributed by atoms with Gasteiger partial charge < -0.3 is 9.47 Å². The highest BCUT2D eigenvalue weighted by molar-refractivity contribution is 7.52. The zero-order valence-corrected chi connectivity index (χ0v) is 30.8. The van der Waals surface area contributed by atoms with Gasteiger partial charge in [0, 0.05) is 27.7 Å². The molecule has 1 fully saturated rings. The van der Waals surface area contributed by atoms with E-state index in [0.29, 0.717) is 22.0 Å². The van der Waals surface area contributed by atoms with Crippen LogP contribution < -0.4 is 0 Å². The van der Waals surface area contributed by atoms with Gasteiger partial charge in [-0.25, -0.2) is 8.96 Å². The summed E-state index contributed by atoms with van der Waals surface area (Å²) in [6.45, 7) is 11.6. The molecule has 1 unspecified atom stereocenters. The maximum atomic E-state index is 14.5. The average Bonchev–Trinajstić information content (AvgIpc) is 3.39. The lowest BCUT2D eigenvalue weighted by Crippen LogP contribution is -2.64. The van der Waals surface area contributed by atoms with Crippen LogP contribution in [-0.4, -0.2) is 60.0 Å². The van der Waals surface area contributed by atoms with Crippen LogP contribution in [-0.2, 0) is 45.8 Å². The zero-order chi connectivity index (χ0) is 39.6. The molecule has 284 valence electrons. The van der Waals surface area contributed by atoms with Gasteiger partial charge in [-0.1, -0.05) is 19.9 Å². The summed E-state index contributed by atoms with van der Waals surface area (Å²) in [7, 11) is -1.96. The Morgan fingerprint density at radius 1 is 1.06 bits per heavy atom. The summed E-state index contributed by atoms with van der Waals surface area (Å²) in [6, 6.07) is 3.38. The number of ether oxygens (including phenoxy) is 2. The molecule has 0 radical (unpaired) electrons. The fourth-order valence-corrected chi connectivity index (χ4v) is 7.43. The number of alkyl halides is 6. The highest BCUT2D eigenvalue weighted by atomic mass is 31.2. The summed E-state index contributed by atoms with van der Waals surface area (Å²) in [5.41, 5.74) is -6.38. The largest absolute Gasteiger partial charge is 0.457 e. The fraction of sp³-hybridized carbons (Fsp3) is 0.588. The van der Waals surface area contributed by atoms with Crippen LogP contribution >= 0.6 is 7.75 Å². The molecule has 2 heterocycles. The van der Waals surface area contributed by atoms with Crippen LogP contribution in [0.3, 0.4) is 0 Å². The smallest absolute Gasteiger partial charge is 0.346 e. The molecular formula is C34H43F7N3O6P. The maximum absolute atomic E-state index is 14.5. The van der Waals surface area contributed by atoms with Crippen LogP contribution in [0.4, 0.5) is 30.7 Å². The summed E-state index contributed by atoms with van der Waals surface area (Å²) >= 11 is 0. The number of rotatable bonds is 10. The van der Waals surface area contributed by atoms with Gasteiger partial charge >= 0.3 is 20.1 Å². The predicted octanol–water partition coefficient (Wildman–Crippen LogP) is 8.92. The van der Waals surface area contributed by atoms with Crippen molar-refractivity contribution < 1.29 is 60.0 Å². The number of halogens is 7. The van der Waals surface area contributed by atoms with Crippen molar-refractivity contribution in [3.63, 3.8) is 0 Å². The first kappa shape index (κ1) is 39.3. The van der Waals surface area contributed by atoms with E-state index >= 15 is 0 Å². The van der Waals surface area contributed by atoms with Crippen molar-refractivity contribution in [2.45, 2.75) is 104 Å². The first-order valence-electron chi connectivity index (χ1n) is 16.4. The molecular weight excluding hydrogens is 710 g/mol. The molecule has 4 rings (SSSR count). The van der Waals surface area contributed by atoms with Crippen molar-refractivity contribution in [2.75, 3.05) is 20.8 Å². The number of nitrogens with zero attached hydrogens (tertiary/aromatic N) is 3. The Morgan fingerprint density at radius 3 is 2.16 bits per heavy atom. The molecule has 2 aliphatic rings. The quantitative estimate of drug-likeness (QED) is 0.177. The van der Waals surface area contributed by atoms with Crippen LogP contribution in [0, 0.1) is 25.6 Å². The molecule has 2 aromatic rings. The lowest BCUT2D eigenvalue weighted by Gasteiger charge is -2.56. The lowest BCUT2D eigenvalue weighted by atomic mass is 9.79. The highest BCUT2D eigenvalue weighted by Crippen LogP contribution is 2.53. The van der Waals surface area contributed by atoms with Crippen LogP contribution in [0.2, 0.25) is 0 Å². The van der Waals surface area contributed by atoms with E-state index in [4.69, 9.17) is 19.9 Å². The molecule has 2 aliphatic heterocycles. The van der Waals surface area contributed by atoms with E-state index < -0.39 is 89.5 Å². The van der Waals surface area contributed by atoms with Crippen molar-refractivity contribution in [3.05, 3.63) is 69.5 Å². The Bertz CT molecular complexity index is 1770. The molecule has 0 saturated carbocycles. The van der Waals surface area contributed by atoms with Gasteiger partial charge in [0.15, 0.2) is 6.29 Å². The minimum Gasteiger partial charge on any atom is -0.346 e. The number of carbonyl (C=O) groups is 1. The molecule has 4 atom stereocenters. The minimum absolute atomic E-state index is 0.0310. The van der Waals surface area contributed by atoms with Gasteiger partial charge in [-0.2, -0.15) is 31.4 Å². The second-order valence-electron chi connectivity index (χ2n) is 13.6. The molecule has 2 aromatic carbocycles. The van der Waals surface area contributed by atoms with Crippen molar-refractivity contribution in [2.24, 2.45) is 11.0 Å². The topological polar surface area (TPSA) is 89.9 Å². The van der Waals surface area contributed by atoms with Crippen LogP contribution in [0.1, 0.15) is 88.8 Å². The van der Waals surface area contributed by atoms with E-state index in [2.05, 4.69) is 5.10 Å². The third kappa shape index (κ3) is 7.77. The van der Waals surface area contributed by atoms with Gasteiger partial charge in [0.1, 0.15) is 5.82 Å². The van der Waals surface area contributed by atoms with Crippen molar-refractivity contribution in [1.29, 1.82) is 0 Å². The number of carbonyl (C=O) groups excluding carboxylic acids is 1. The highest BCUT2D eigenvalue weighted by Gasteiger charge is 2.53. The van der Waals surface area contributed by atoms with E-state index in [9.17, 15) is 40.1 Å². The second-order valence-corrected chi connectivity index (χ2v) is 15.6. The van der Waals surface area contributed by atoms with Crippen molar-refractivity contribution in [1.82, 2.24) is 9.68 Å². The maximum Gasteiger partial charge on any atom is 0.457 e. The van der Waals surface area contributed by atoms with Gasteiger partial charge in [-0.15, -0.1) is 4.78 Å². The summed E-state index contributed by atoms with van der Waals surface area (Å²) in [5, 5.41) is 4.26. The number of hydrazone groups is 1. The first-order chi connectivity index (χ1) is 23.6. The van der Waals surface area contributed by atoms with E-state index in [1.165, 1.54) is 39.0 Å². The minimum atomic E-state index is -5.18. The Kier molecular flexibility index (Phi) is 10.9. The normalized spacial score (nSPS) is 23.7. The van der Waals surface area contributed by atoms with E-state index in [0.717, 1.165) is 21.1 Å². The fourth-order valence-electron chi connectivity index (χ4n) is 6.39. The monoisotopic (exact) mass is 754 g/mol. The Balaban J connectivity index is 1.97. The molecule has 1 saturated heterocycles. The summed E-state index contributed by atoms with van der Waals surface area (Å²) in [6.07, 6.45) is -12.9.